The van der Waals surface area contributed by atoms with Gasteiger partial charge in [-0.1, -0.05) is 6.08 Å². The van der Waals surface area contributed by atoms with Gasteiger partial charge in [0.05, 0.1) is 16.5 Å². The predicted molar refractivity (Wildman–Crippen MR) is 61.1 cm³/mol. The molecule has 0 radical (unpaired) electrons. The molecule has 1 N–H and O–H groups in total. The van der Waals surface area contributed by atoms with Crippen LogP contribution in [0.25, 0.3) is 0 Å². The molecule has 84 valence electrons. The minimum atomic E-state index is -3.53. The van der Waals surface area contributed by atoms with Crippen LogP contribution in [0.15, 0.2) is 41.8 Å². The molecule has 16 heavy (non-hydrogen) atoms. The number of sulfonamides is 1. The zero-order chi connectivity index (χ0) is 12.2. The average Bonchev–Trinajstić information content (AvgIpc) is 2.28. The van der Waals surface area contributed by atoms with Crippen molar-refractivity contribution in [3.63, 3.8) is 0 Å². The van der Waals surface area contributed by atoms with E-state index < -0.39 is 10.0 Å². The molecule has 0 saturated heterocycles. The minimum Gasteiger partial charge on any atom is -0.207 e. The third kappa shape index (κ3) is 2.92. The molecule has 0 heterocycles. The van der Waals surface area contributed by atoms with Crippen molar-refractivity contribution in [1.29, 1.82) is 5.26 Å². The molecule has 1 atom stereocenters. The SMILES string of the molecule is C=CC(C)NS(=O)(=O)c1ccc(C#N)cc1. The molecule has 1 rings (SSSR count). The van der Waals surface area contributed by atoms with E-state index in [1.54, 1.807) is 6.92 Å². The van der Waals surface area contributed by atoms with Crippen LogP contribution in [0.1, 0.15) is 12.5 Å². The van der Waals surface area contributed by atoms with Crippen LogP contribution in [0.3, 0.4) is 0 Å². The van der Waals surface area contributed by atoms with Crippen molar-refractivity contribution in [2.24, 2.45) is 0 Å². The second-order valence-electron chi connectivity index (χ2n) is 3.28. The highest BCUT2D eigenvalue weighted by Crippen LogP contribution is 2.10. The van der Waals surface area contributed by atoms with Gasteiger partial charge in [-0.3, -0.25) is 0 Å². The molecule has 0 aliphatic carbocycles. The molecule has 1 unspecified atom stereocenters. The Morgan fingerprint density at radius 1 is 1.44 bits per heavy atom. The lowest BCUT2D eigenvalue weighted by atomic mass is 10.2. The van der Waals surface area contributed by atoms with Crippen molar-refractivity contribution in [2.45, 2.75) is 17.9 Å². The van der Waals surface area contributed by atoms with Crippen molar-refractivity contribution >= 4 is 10.0 Å². The van der Waals surface area contributed by atoms with Gasteiger partial charge in [0, 0.05) is 6.04 Å². The maximum atomic E-state index is 11.8. The van der Waals surface area contributed by atoms with E-state index >= 15 is 0 Å². The first kappa shape index (κ1) is 12.4. The largest absolute Gasteiger partial charge is 0.241 e. The van der Waals surface area contributed by atoms with Crippen LogP contribution in [0.4, 0.5) is 0 Å². The van der Waals surface area contributed by atoms with E-state index in [1.807, 2.05) is 6.07 Å². The molecule has 0 fully saturated rings. The maximum absolute atomic E-state index is 11.8. The summed E-state index contributed by atoms with van der Waals surface area (Å²) < 4.78 is 25.9. The smallest absolute Gasteiger partial charge is 0.207 e. The number of hydrogen-bond acceptors (Lipinski definition) is 3. The monoisotopic (exact) mass is 236 g/mol. The molecule has 0 bridgehead atoms. The van der Waals surface area contributed by atoms with E-state index in [9.17, 15) is 8.42 Å². The molecule has 0 saturated carbocycles. The number of rotatable bonds is 4. The van der Waals surface area contributed by atoms with E-state index in [2.05, 4.69) is 11.3 Å². The Kier molecular flexibility index (Phi) is 3.82. The third-order valence-corrected chi connectivity index (χ3v) is 3.56. The predicted octanol–water partition coefficient (Wildman–Crippen LogP) is 1.41. The van der Waals surface area contributed by atoms with Crippen molar-refractivity contribution < 1.29 is 8.42 Å². The Balaban J connectivity index is 2.99. The fourth-order valence-corrected chi connectivity index (χ4v) is 2.29. The molecule has 0 spiro atoms. The van der Waals surface area contributed by atoms with Crippen LogP contribution in [0, 0.1) is 11.3 Å². The first-order chi connectivity index (χ1) is 7.49. The zero-order valence-corrected chi connectivity index (χ0v) is 9.66. The highest BCUT2D eigenvalue weighted by atomic mass is 32.2. The molecular formula is C11H12N2O2S. The van der Waals surface area contributed by atoms with Crippen LogP contribution >= 0.6 is 0 Å². The quantitative estimate of drug-likeness (QED) is 0.803. The van der Waals surface area contributed by atoms with Gasteiger partial charge in [-0.25, -0.2) is 13.1 Å². The fraction of sp³-hybridized carbons (Fsp3) is 0.182. The summed E-state index contributed by atoms with van der Waals surface area (Å²) in [6.07, 6.45) is 1.50. The van der Waals surface area contributed by atoms with Gasteiger partial charge < -0.3 is 0 Å². The summed E-state index contributed by atoms with van der Waals surface area (Å²) in [7, 11) is -3.53. The first-order valence-electron chi connectivity index (χ1n) is 4.64. The lowest BCUT2D eigenvalue weighted by Gasteiger charge is -2.09. The molecule has 5 heteroatoms. The summed E-state index contributed by atoms with van der Waals surface area (Å²) in [5.41, 5.74) is 0.427. The molecule has 1 aromatic carbocycles. The molecule has 0 amide bonds. The standard InChI is InChI=1S/C11H12N2O2S/c1-3-9(2)13-16(14,15)11-6-4-10(8-12)5-7-11/h3-7,9,13H,1H2,2H3. The Morgan fingerprint density at radius 2 is 2.00 bits per heavy atom. The second-order valence-corrected chi connectivity index (χ2v) is 5.00. The number of nitrogens with one attached hydrogen (secondary N) is 1. The van der Waals surface area contributed by atoms with Crippen LogP contribution in [0.2, 0.25) is 0 Å². The fourth-order valence-electron chi connectivity index (χ4n) is 1.07. The van der Waals surface area contributed by atoms with Gasteiger partial charge in [-0.15, -0.1) is 6.58 Å². The van der Waals surface area contributed by atoms with Crippen molar-refractivity contribution in [1.82, 2.24) is 4.72 Å². The van der Waals surface area contributed by atoms with E-state index in [1.165, 1.54) is 30.3 Å². The van der Waals surface area contributed by atoms with Gasteiger partial charge in [0.15, 0.2) is 0 Å². The van der Waals surface area contributed by atoms with Crippen LogP contribution in [0.5, 0.6) is 0 Å². The summed E-state index contributed by atoms with van der Waals surface area (Å²) >= 11 is 0. The lowest BCUT2D eigenvalue weighted by Crippen LogP contribution is -2.30. The van der Waals surface area contributed by atoms with Crippen molar-refractivity contribution in [3.8, 4) is 6.07 Å². The van der Waals surface area contributed by atoms with Crippen molar-refractivity contribution in [3.05, 3.63) is 42.5 Å². The highest BCUT2D eigenvalue weighted by Gasteiger charge is 2.15. The van der Waals surface area contributed by atoms with E-state index in [-0.39, 0.29) is 10.9 Å². The van der Waals surface area contributed by atoms with Gasteiger partial charge >= 0.3 is 0 Å². The summed E-state index contributed by atoms with van der Waals surface area (Å²) in [5, 5.41) is 8.59. The first-order valence-corrected chi connectivity index (χ1v) is 6.13. The maximum Gasteiger partial charge on any atom is 0.241 e. The Morgan fingerprint density at radius 3 is 2.44 bits per heavy atom. The zero-order valence-electron chi connectivity index (χ0n) is 8.84. The Bertz CT molecular complexity index is 512. The van der Waals surface area contributed by atoms with Gasteiger partial charge in [0.1, 0.15) is 0 Å². The third-order valence-electron chi connectivity index (χ3n) is 1.99. The lowest BCUT2D eigenvalue weighted by molar-refractivity contribution is 0.576. The van der Waals surface area contributed by atoms with Crippen LogP contribution in [-0.2, 0) is 10.0 Å². The molecular weight excluding hydrogens is 224 g/mol. The summed E-state index contributed by atoms with van der Waals surface area (Å²) in [5.74, 6) is 0. The Labute approximate surface area is 95.3 Å². The van der Waals surface area contributed by atoms with Gasteiger partial charge in [0.25, 0.3) is 0 Å². The minimum absolute atomic E-state index is 0.139. The number of hydrogen-bond donors (Lipinski definition) is 1. The van der Waals surface area contributed by atoms with E-state index in [0.717, 1.165) is 0 Å². The summed E-state index contributed by atoms with van der Waals surface area (Å²) in [4.78, 5) is 0.139. The van der Waals surface area contributed by atoms with Gasteiger partial charge in [0.2, 0.25) is 10.0 Å². The highest BCUT2D eigenvalue weighted by molar-refractivity contribution is 7.89. The Hall–Kier alpha value is -1.64. The number of benzene rings is 1. The van der Waals surface area contributed by atoms with Crippen LogP contribution in [-0.4, -0.2) is 14.5 Å². The number of nitriles is 1. The van der Waals surface area contributed by atoms with Gasteiger partial charge in [-0.2, -0.15) is 5.26 Å². The van der Waals surface area contributed by atoms with E-state index in [4.69, 9.17) is 5.26 Å². The van der Waals surface area contributed by atoms with Gasteiger partial charge in [-0.05, 0) is 31.2 Å². The summed E-state index contributed by atoms with van der Waals surface area (Å²) in [6, 6.07) is 7.32. The molecule has 0 aliphatic rings. The molecule has 1 aromatic rings. The van der Waals surface area contributed by atoms with Crippen molar-refractivity contribution in [2.75, 3.05) is 0 Å². The number of nitrogens with zero attached hydrogens (tertiary/aromatic N) is 1. The summed E-state index contributed by atoms with van der Waals surface area (Å²) in [6.45, 7) is 5.18. The normalized spacial score (nSPS) is 12.8. The average molecular weight is 236 g/mol. The van der Waals surface area contributed by atoms with E-state index in [0.29, 0.717) is 5.56 Å². The topological polar surface area (TPSA) is 70.0 Å². The molecule has 0 aliphatic heterocycles. The second kappa shape index (κ2) is 4.92. The molecule has 0 aromatic heterocycles. The molecule has 4 nitrogen and oxygen atoms in total. The van der Waals surface area contributed by atoms with Crippen LogP contribution < -0.4 is 4.72 Å².